The Labute approximate surface area is 129 Å². The summed E-state index contributed by atoms with van der Waals surface area (Å²) in [4.78, 5) is 0. The quantitative estimate of drug-likeness (QED) is 0.669. The van der Waals surface area contributed by atoms with Crippen LogP contribution >= 0.6 is 11.6 Å². The second kappa shape index (κ2) is 5.67. The van der Waals surface area contributed by atoms with E-state index in [1.165, 1.54) is 5.56 Å². The molecule has 5 nitrogen and oxygen atoms in total. The number of hydrogen-bond donors (Lipinski definition) is 2. The lowest BCUT2D eigenvalue weighted by Crippen LogP contribution is -2.42. The first-order chi connectivity index (χ1) is 10.1. The van der Waals surface area contributed by atoms with E-state index >= 15 is 0 Å². The van der Waals surface area contributed by atoms with Crippen LogP contribution in [0.1, 0.15) is 22.7 Å². The predicted octanol–water partition coefficient (Wildman–Crippen LogP) is 1.93. The standard InChI is InChI=1S/C15H19ClN4O/c1-9-11(15(16)20(2)19-9)7-13(18-17)12-8-21-14-6-4-3-5-10(12)14/h3-6,12-13,18H,7-8,17H2,1-2H3. The Bertz CT molecular complexity index is 655. The van der Waals surface area contributed by atoms with Crippen molar-refractivity contribution in [2.24, 2.45) is 12.9 Å². The summed E-state index contributed by atoms with van der Waals surface area (Å²) in [7, 11) is 1.84. The molecular formula is C15H19ClN4O. The van der Waals surface area contributed by atoms with Crippen LogP contribution in [0.25, 0.3) is 0 Å². The molecule has 21 heavy (non-hydrogen) atoms. The second-order valence-corrected chi connectivity index (χ2v) is 5.77. The summed E-state index contributed by atoms with van der Waals surface area (Å²) in [5.41, 5.74) is 6.09. The third kappa shape index (κ3) is 2.52. The highest BCUT2D eigenvalue weighted by Crippen LogP contribution is 2.37. The molecular weight excluding hydrogens is 288 g/mol. The molecule has 0 bridgehead atoms. The Kier molecular flexibility index (Phi) is 3.89. The van der Waals surface area contributed by atoms with E-state index in [-0.39, 0.29) is 12.0 Å². The normalized spacial score (nSPS) is 18.4. The summed E-state index contributed by atoms with van der Waals surface area (Å²) < 4.78 is 7.44. The second-order valence-electron chi connectivity index (χ2n) is 5.41. The van der Waals surface area contributed by atoms with Gasteiger partial charge in [-0.1, -0.05) is 29.8 Å². The molecule has 0 spiro atoms. The van der Waals surface area contributed by atoms with Gasteiger partial charge in [-0.3, -0.25) is 16.0 Å². The molecule has 1 aromatic heterocycles. The molecule has 112 valence electrons. The number of hydrazine groups is 1. The maximum Gasteiger partial charge on any atom is 0.130 e. The van der Waals surface area contributed by atoms with Gasteiger partial charge in [0.05, 0.1) is 12.3 Å². The third-order valence-corrected chi connectivity index (χ3v) is 4.60. The molecule has 3 N–H and O–H groups in total. The van der Waals surface area contributed by atoms with Gasteiger partial charge in [0.2, 0.25) is 0 Å². The average Bonchev–Trinajstić information content (AvgIpc) is 3.00. The van der Waals surface area contributed by atoms with E-state index in [4.69, 9.17) is 22.2 Å². The minimum absolute atomic E-state index is 0.0500. The van der Waals surface area contributed by atoms with Gasteiger partial charge in [0.1, 0.15) is 10.9 Å². The van der Waals surface area contributed by atoms with E-state index in [0.29, 0.717) is 11.8 Å². The summed E-state index contributed by atoms with van der Waals surface area (Å²) >= 11 is 6.32. The SMILES string of the molecule is Cc1nn(C)c(Cl)c1CC(NN)C1COc2ccccc21. The number of hydrogen-bond acceptors (Lipinski definition) is 4. The van der Waals surface area contributed by atoms with Gasteiger partial charge >= 0.3 is 0 Å². The molecule has 1 aromatic carbocycles. The van der Waals surface area contributed by atoms with Crippen LogP contribution in [-0.2, 0) is 13.5 Å². The van der Waals surface area contributed by atoms with Crippen molar-refractivity contribution in [1.82, 2.24) is 15.2 Å². The van der Waals surface area contributed by atoms with Crippen LogP contribution in [-0.4, -0.2) is 22.4 Å². The third-order valence-electron chi connectivity index (χ3n) is 4.13. The molecule has 0 saturated heterocycles. The van der Waals surface area contributed by atoms with Crippen molar-refractivity contribution in [2.45, 2.75) is 25.3 Å². The first-order valence-electron chi connectivity index (χ1n) is 6.97. The van der Waals surface area contributed by atoms with E-state index in [2.05, 4.69) is 16.6 Å². The molecule has 0 aliphatic carbocycles. The number of rotatable bonds is 4. The summed E-state index contributed by atoms with van der Waals surface area (Å²) in [6.07, 6.45) is 0.720. The van der Waals surface area contributed by atoms with Crippen molar-refractivity contribution < 1.29 is 4.74 Å². The van der Waals surface area contributed by atoms with Crippen LogP contribution in [0.15, 0.2) is 24.3 Å². The maximum atomic E-state index is 6.32. The van der Waals surface area contributed by atoms with E-state index in [1.807, 2.05) is 32.2 Å². The van der Waals surface area contributed by atoms with E-state index in [0.717, 1.165) is 23.4 Å². The van der Waals surface area contributed by atoms with Crippen LogP contribution in [0.3, 0.4) is 0 Å². The first-order valence-corrected chi connectivity index (χ1v) is 7.35. The van der Waals surface area contributed by atoms with Crippen LogP contribution in [0.5, 0.6) is 5.75 Å². The lowest BCUT2D eigenvalue weighted by Gasteiger charge is -2.22. The number of ether oxygens (including phenoxy) is 1. The van der Waals surface area contributed by atoms with Crippen molar-refractivity contribution in [1.29, 1.82) is 0 Å². The van der Waals surface area contributed by atoms with E-state index in [1.54, 1.807) is 4.68 Å². The van der Waals surface area contributed by atoms with Gasteiger partial charge in [-0.2, -0.15) is 5.10 Å². The fourth-order valence-corrected chi connectivity index (χ4v) is 3.22. The number of halogens is 1. The predicted molar refractivity (Wildman–Crippen MR) is 82.4 cm³/mol. The molecule has 6 heteroatoms. The molecule has 2 heterocycles. The van der Waals surface area contributed by atoms with Gasteiger partial charge in [-0.05, 0) is 19.4 Å². The molecule has 1 aliphatic rings. The number of aromatic nitrogens is 2. The fraction of sp³-hybridized carbons (Fsp3) is 0.400. The Morgan fingerprint density at radius 3 is 2.95 bits per heavy atom. The van der Waals surface area contributed by atoms with Crippen LogP contribution in [0, 0.1) is 6.92 Å². The Balaban J connectivity index is 1.87. The molecule has 2 aromatic rings. The lowest BCUT2D eigenvalue weighted by molar-refractivity contribution is 0.297. The lowest BCUT2D eigenvalue weighted by atomic mass is 9.89. The summed E-state index contributed by atoms with van der Waals surface area (Å²) in [5.74, 6) is 6.94. The zero-order chi connectivity index (χ0) is 15.0. The molecule has 0 fully saturated rings. The number of aryl methyl sites for hydroxylation is 2. The molecule has 1 aliphatic heterocycles. The highest BCUT2D eigenvalue weighted by molar-refractivity contribution is 6.30. The highest BCUT2D eigenvalue weighted by Gasteiger charge is 2.32. The molecule has 3 rings (SSSR count). The first kappa shape index (κ1) is 14.4. The average molecular weight is 307 g/mol. The van der Waals surface area contributed by atoms with E-state index < -0.39 is 0 Å². The zero-order valence-electron chi connectivity index (χ0n) is 12.1. The summed E-state index contributed by atoms with van der Waals surface area (Å²) in [6, 6.07) is 8.14. The monoisotopic (exact) mass is 306 g/mol. The minimum atomic E-state index is 0.0500. The number of fused-ring (bicyclic) bond motifs is 1. The smallest absolute Gasteiger partial charge is 0.130 e. The Hall–Kier alpha value is -1.56. The van der Waals surface area contributed by atoms with Gasteiger partial charge in [-0.25, -0.2) is 0 Å². The molecule has 2 atom stereocenters. The van der Waals surface area contributed by atoms with Crippen LogP contribution in [0.4, 0.5) is 0 Å². The Morgan fingerprint density at radius 2 is 2.29 bits per heavy atom. The van der Waals surface area contributed by atoms with Crippen molar-refractivity contribution >= 4 is 11.6 Å². The molecule has 0 saturated carbocycles. The van der Waals surface area contributed by atoms with Crippen molar-refractivity contribution in [3.8, 4) is 5.75 Å². The van der Waals surface area contributed by atoms with Gasteiger partial charge in [-0.15, -0.1) is 0 Å². The van der Waals surface area contributed by atoms with Gasteiger partial charge < -0.3 is 4.74 Å². The van der Waals surface area contributed by atoms with E-state index in [9.17, 15) is 0 Å². The largest absolute Gasteiger partial charge is 0.493 e. The zero-order valence-corrected chi connectivity index (χ0v) is 12.9. The van der Waals surface area contributed by atoms with Gasteiger partial charge in [0.25, 0.3) is 0 Å². The number of benzene rings is 1. The van der Waals surface area contributed by atoms with Crippen LogP contribution in [0.2, 0.25) is 5.15 Å². The number of nitrogens with one attached hydrogen (secondary N) is 1. The molecule has 0 amide bonds. The number of nitrogens with zero attached hydrogens (tertiary/aromatic N) is 2. The summed E-state index contributed by atoms with van der Waals surface area (Å²) in [6.45, 7) is 2.60. The van der Waals surface area contributed by atoms with Crippen molar-refractivity contribution in [2.75, 3.05) is 6.61 Å². The van der Waals surface area contributed by atoms with Crippen molar-refractivity contribution in [3.05, 3.63) is 46.2 Å². The maximum absolute atomic E-state index is 6.32. The Morgan fingerprint density at radius 1 is 1.52 bits per heavy atom. The summed E-state index contributed by atoms with van der Waals surface area (Å²) in [5, 5.41) is 5.02. The van der Waals surface area contributed by atoms with Gasteiger partial charge in [0.15, 0.2) is 0 Å². The highest BCUT2D eigenvalue weighted by atomic mass is 35.5. The topological polar surface area (TPSA) is 65.1 Å². The fourth-order valence-electron chi connectivity index (χ4n) is 2.96. The minimum Gasteiger partial charge on any atom is -0.493 e. The molecule has 2 unspecified atom stereocenters. The number of nitrogens with two attached hydrogens (primary N) is 1. The number of para-hydroxylation sites is 1. The molecule has 0 radical (unpaired) electrons. The van der Waals surface area contributed by atoms with Crippen molar-refractivity contribution in [3.63, 3.8) is 0 Å². The van der Waals surface area contributed by atoms with Crippen LogP contribution < -0.4 is 16.0 Å². The van der Waals surface area contributed by atoms with Gasteiger partial charge in [0, 0.05) is 30.1 Å².